The minimum Gasteiger partial charge on any atom is -0.790 e. The molecule has 1 fully saturated rings. The highest BCUT2D eigenvalue weighted by Gasteiger charge is 2.44. The smallest absolute Gasteiger partial charge is 0.167 e. The minimum atomic E-state index is -5.24. The maximum atomic E-state index is 10.7. The molecule has 13 heteroatoms. The van der Waals surface area contributed by atoms with Crippen LogP contribution in [0.3, 0.4) is 0 Å². The number of hydrogen-bond donors (Lipinski definition) is 3. The molecule has 30 heavy (non-hydrogen) atoms. The first-order valence-corrected chi connectivity index (χ1v) is 10.4. The number of ether oxygens (including phenoxy) is 1. The number of imidazole rings is 1. The second-order valence-corrected chi connectivity index (χ2v) is 7.83. The van der Waals surface area contributed by atoms with Gasteiger partial charge in [0.25, 0.3) is 0 Å². The number of anilines is 1. The van der Waals surface area contributed by atoms with Crippen molar-refractivity contribution >= 4 is 24.8 Å². The van der Waals surface area contributed by atoms with Gasteiger partial charge in [-0.15, -0.1) is 0 Å². The molecule has 0 radical (unpaired) electrons. The van der Waals surface area contributed by atoms with Gasteiger partial charge >= 0.3 is 0 Å². The number of aromatic nitrogens is 4. The number of nitrogens with one attached hydrogen (secondary N) is 1. The van der Waals surface area contributed by atoms with Crippen molar-refractivity contribution in [2.45, 2.75) is 31.1 Å². The molecule has 0 amide bonds. The largest absolute Gasteiger partial charge is 0.790 e. The summed E-state index contributed by atoms with van der Waals surface area (Å²) in [7, 11) is -5.24. The standard InChI is InChI=1S/C17H20N5O7P/c23-13-11(7-28-30(25,26)27)29-17(14(13)24)22-9-21-12-15(19-8-20-16(12)22)18-6-10-4-2-1-3-5-10/h1-5,8-9,11,13-14,17,23-24H,6-7H2,(H,18,19,20)(H2,25,26,27)/p-2/t11-,13-,14-,17-/m1/s1. The van der Waals surface area contributed by atoms with Crippen LogP contribution in [0.25, 0.3) is 11.2 Å². The van der Waals surface area contributed by atoms with Gasteiger partial charge in [0.2, 0.25) is 0 Å². The SMILES string of the molecule is O=P([O-])([O-])OC[C@H]1O[C@@H](n2cnc3c(NCc4ccccc4)ncnc32)[C@H](O)[C@@H]1O. The van der Waals surface area contributed by atoms with E-state index in [0.717, 1.165) is 5.56 Å². The van der Waals surface area contributed by atoms with Gasteiger partial charge in [0.1, 0.15) is 24.6 Å². The molecular formula is C17H18N5O7P-2. The van der Waals surface area contributed by atoms with Gasteiger partial charge in [-0.1, -0.05) is 30.3 Å². The van der Waals surface area contributed by atoms with E-state index < -0.39 is 39.0 Å². The highest BCUT2D eigenvalue weighted by molar-refractivity contribution is 7.43. The van der Waals surface area contributed by atoms with Crippen LogP contribution in [0.1, 0.15) is 11.8 Å². The fourth-order valence-corrected chi connectivity index (χ4v) is 3.54. The van der Waals surface area contributed by atoms with E-state index in [0.29, 0.717) is 23.5 Å². The Balaban J connectivity index is 1.54. The average Bonchev–Trinajstić information content (AvgIpc) is 3.27. The van der Waals surface area contributed by atoms with Crippen molar-refractivity contribution in [1.29, 1.82) is 0 Å². The lowest BCUT2D eigenvalue weighted by molar-refractivity contribution is -0.343. The van der Waals surface area contributed by atoms with Gasteiger partial charge in [-0.3, -0.25) is 4.57 Å². The Hall–Kier alpha value is -2.44. The van der Waals surface area contributed by atoms with Gasteiger partial charge in [-0.25, -0.2) is 15.0 Å². The molecule has 0 spiro atoms. The molecule has 1 aliphatic rings. The molecule has 1 saturated heterocycles. The maximum absolute atomic E-state index is 10.7. The van der Waals surface area contributed by atoms with Crippen LogP contribution < -0.4 is 15.1 Å². The molecule has 2 aromatic heterocycles. The molecule has 0 unspecified atom stereocenters. The van der Waals surface area contributed by atoms with E-state index in [2.05, 4.69) is 24.8 Å². The summed E-state index contributed by atoms with van der Waals surface area (Å²) < 4.78 is 21.8. The maximum Gasteiger partial charge on any atom is 0.167 e. The number of nitrogens with zero attached hydrogens (tertiary/aromatic N) is 4. The van der Waals surface area contributed by atoms with Crippen molar-refractivity contribution in [3.05, 3.63) is 48.5 Å². The second kappa shape index (κ2) is 8.36. The van der Waals surface area contributed by atoms with E-state index in [1.54, 1.807) is 0 Å². The molecule has 0 bridgehead atoms. The molecule has 3 N–H and O–H groups in total. The number of aliphatic hydroxyl groups excluding tert-OH is 2. The molecule has 160 valence electrons. The molecule has 3 heterocycles. The predicted octanol–water partition coefficient (Wildman–Crippen LogP) is -1.10. The molecule has 0 saturated carbocycles. The Morgan fingerprint density at radius 2 is 1.93 bits per heavy atom. The van der Waals surface area contributed by atoms with E-state index in [-0.39, 0.29) is 0 Å². The Bertz CT molecular complexity index is 1060. The van der Waals surface area contributed by atoms with Crippen LogP contribution >= 0.6 is 7.82 Å². The lowest BCUT2D eigenvalue weighted by atomic mass is 10.1. The number of hydrogen-bond acceptors (Lipinski definition) is 11. The van der Waals surface area contributed by atoms with Crippen LogP contribution in [0.15, 0.2) is 43.0 Å². The van der Waals surface area contributed by atoms with Crippen molar-refractivity contribution < 1.29 is 33.8 Å². The summed E-state index contributed by atoms with van der Waals surface area (Å²) in [5.41, 5.74) is 1.79. The summed E-state index contributed by atoms with van der Waals surface area (Å²) in [6.45, 7) is -0.213. The van der Waals surface area contributed by atoms with E-state index in [9.17, 15) is 24.6 Å². The Kier molecular flexibility index (Phi) is 5.80. The number of phosphoric ester groups is 1. The van der Waals surface area contributed by atoms with Gasteiger partial charge in [-0.2, -0.15) is 0 Å². The molecule has 1 aliphatic heterocycles. The van der Waals surface area contributed by atoms with Crippen LogP contribution in [0.2, 0.25) is 0 Å². The number of fused-ring (bicyclic) bond motifs is 1. The first-order valence-electron chi connectivity index (χ1n) is 8.97. The topological polar surface area (TPSA) is 178 Å². The predicted molar refractivity (Wildman–Crippen MR) is 98.6 cm³/mol. The van der Waals surface area contributed by atoms with Crippen molar-refractivity contribution in [3.8, 4) is 0 Å². The quantitative estimate of drug-likeness (QED) is 0.384. The summed E-state index contributed by atoms with van der Waals surface area (Å²) in [5, 5.41) is 23.7. The summed E-state index contributed by atoms with van der Waals surface area (Å²) in [6, 6.07) is 9.67. The molecule has 0 aliphatic carbocycles. The highest BCUT2D eigenvalue weighted by Crippen LogP contribution is 2.34. The van der Waals surface area contributed by atoms with Gasteiger partial charge in [-0.05, 0) is 5.56 Å². The van der Waals surface area contributed by atoms with E-state index in [4.69, 9.17) is 4.74 Å². The van der Waals surface area contributed by atoms with Crippen LogP contribution in [0, 0.1) is 0 Å². The van der Waals surface area contributed by atoms with Crippen molar-refractivity contribution in [2.24, 2.45) is 0 Å². The number of phosphoric acid groups is 1. The zero-order valence-corrected chi connectivity index (χ0v) is 16.3. The molecule has 3 aromatic rings. The summed E-state index contributed by atoms with van der Waals surface area (Å²) in [4.78, 5) is 34.0. The fraction of sp³-hybridized carbons (Fsp3) is 0.353. The lowest BCUT2D eigenvalue weighted by Crippen LogP contribution is -2.34. The van der Waals surface area contributed by atoms with Crippen molar-refractivity contribution in [1.82, 2.24) is 19.5 Å². The summed E-state index contributed by atoms with van der Waals surface area (Å²) in [5.74, 6) is 0.467. The van der Waals surface area contributed by atoms with E-state index in [1.165, 1.54) is 17.2 Å². The first kappa shape index (κ1) is 20.8. The Morgan fingerprint density at radius 3 is 2.67 bits per heavy atom. The minimum absolute atomic E-state index is 0.330. The van der Waals surface area contributed by atoms with Gasteiger partial charge in [0.05, 0.1) is 20.8 Å². The normalized spacial score (nSPS) is 24.4. The zero-order valence-electron chi connectivity index (χ0n) is 15.4. The third kappa shape index (κ3) is 4.35. The van der Waals surface area contributed by atoms with E-state index >= 15 is 0 Å². The van der Waals surface area contributed by atoms with E-state index in [1.807, 2.05) is 30.3 Å². The molecular weight excluding hydrogens is 417 g/mol. The van der Waals surface area contributed by atoms with Crippen molar-refractivity contribution in [3.63, 3.8) is 0 Å². The lowest BCUT2D eigenvalue weighted by Gasteiger charge is -2.30. The highest BCUT2D eigenvalue weighted by atomic mass is 31.2. The van der Waals surface area contributed by atoms with Crippen LogP contribution in [0.4, 0.5) is 5.82 Å². The monoisotopic (exact) mass is 435 g/mol. The number of aliphatic hydroxyl groups is 2. The fourth-order valence-electron chi connectivity index (χ4n) is 3.21. The number of benzene rings is 1. The molecule has 12 nitrogen and oxygen atoms in total. The zero-order chi connectivity index (χ0) is 21.3. The first-order chi connectivity index (χ1) is 14.3. The summed E-state index contributed by atoms with van der Waals surface area (Å²) >= 11 is 0. The van der Waals surface area contributed by atoms with Gasteiger partial charge in [0.15, 0.2) is 23.2 Å². The number of rotatable bonds is 7. The van der Waals surface area contributed by atoms with Gasteiger partial charge < -0.3 is 39.1 Å². The van der Waals surface area contributed by atoms with Crippen LogP contribution in [-0.4, -0.2) is 54.7 Å². The molecule has 1 aromatic carbocycles. The molecule has 4 atom stereocenters. The van der Waals surface area contributed by atoms with Crippen LogP contribution in [-0.2, 0) is 20.4 Å². The third-order valence-corrected chi connectivity index (χ3v) is 5.14. The van der Waals surface area contributed by atoms with Crippen molar-refractivity contribution in [2.75, 3.05) is 11.9 Å². The third-order valence-electron chi connectivity index (χ3n) is 4.67. The second-order valence-electron chi connectivity index (χ2n) is 6.67. The van der Waals surface area contributed by atoms with Crippen LogP contribution in [0.5, 0.6) is 0 Å². The Morgan fingerprint density at radius 1 is 1.17 bits per heavy atom. The summed E-state index contributed by atoms with van der Waals surface area (Å²) in [6.07, 6.45) is -2.56. The van der Waals surface area contributed by atoms with Gasteiger partial charge in [0, 0.05) is 6.54 Å². The Labute approximate surface area is 170 Å². The average molecular weight is 435 g/mol. The molecule has 4 rings (SSSR count).